The SMILES string of the molecule is Cc1ccc(C(C)C)c(OCC(=O)NCCCN2CCc3ccccc32)c1. The molecule has 4 nitrogen and oxygen atoms in total. The first kappa shape index (κ1) is 19.3. The number of ether oxygens (including phenoxy) is 1. The summed E-state index contributed by atoms with van der Waals surface area (Å²) in [5, 5.41) is 2.97. The van der Waals surface area contributed by atoms with Crippen molar-refractivity contribution in [1.82, 2.24) is 5.32 Å². The van der Waals surface area contributed by atoms with Gasteiger partial charge in [-0.2, -0.15) is 0 Å². The van der Waals surface area contributed by atoms with Crippen molar-refractivity contribution in [3.63, 3.8) is 0 Å². The molecule has 0 fully saturated rings. The van der Waals surface area contributed by atoms with Crippen LogP contribution in [-0.4, -0.2) is 32.1 Å². The third kappa shape index (κ3) is 5.03. The molecule has 2 aromatic carbocycles. The fourth-order valence-corrected chi connectivity index (χ4v) is 3.57. The van der Waals surface area contributed by atoms with Crippen LogP contribution in [-0.2, 0) is 11.2 Å². The number of fused-ring (bicyclic) bond motifs is 1. The number of amides is 1. The molecule has 2 aromatic rings. The van der Waals surface area contributed by atoms with E-state index in [9.17, 15) is 4.79 Å². The summed E-state index contributed by atoms with van der Waals surface area (Å²) < 4.78 is 5.80. The van der Waals surface area contributed by atoms with E-state index in [1.807, 2.05) is 13.0 Å². The first-order valence-corrected chi connectivity index (χ1v) is 9.87. The smallest absolute Gasteiger partial charge is 0.257 e. The van der Waals surface area contributed by atoms with Gasteiger partial charge in [-0.1, -0.05) is 44.2 Å². The van der Waals surface area contributed by atoms with E-state index in [-0.39, 0.29) is 12.5 Å². The number of carbonyl (C=O) groups excluding carboxylic acids is 1. The molecular formula is C23H30N2O2. The van der Waals surface area contributed by atoms with Crippen LogP contribution in [0.1, 0.15) is 42.9 Å². The number of nitrogens with one attached hydrogen (secondary N) is 1. The van der Waals surface area contributed by atoms with Gasteiger partial charge in [0.15, 0.2) is 6.61 Å². The summed E-state index contributed by atoms with van der Waals surface area (Å²) in [7, 11) is 0. The highest BCUT2D eigenvalue weighted by Gasteiger charge is 2.17. The Morgan fingerprint density at radius 3 is 2.85 bits per heavy atom. The predicted octanol–water partition coefficient (Wildman–Crippen LogP) is 4.07. The van der Waals surface area contributed by atoms with E-state index in [1.54, 1.807) is 0 Å². The van der Waals surface area contributed by atoms with E-state index in [4.69, 9.17) is 4.74 Å². The van der Waals surface area contributed by atoms with Gasteiger partial charge in [-0.25, -0.2) is 0 Å². The van der Waals surface area contributed by atoms with Gasteiger partial charge in [-0.05, 0) is 54.5 Å². The first-order valence-electron chi connectivity index (χ1n) is 9.87. The summed E-state index contributed by atoms with van der Waals surface area (Å²) in [6, 6.07) is 14.7. The zero-order valence-electron chi connectivity index (χ0n) is 16.6. The van der Waals surface area contributed by atoms with Crippen molar-refractivity contribution in [2.75, 3.05) is 31.1 Å². The number of nitrogens with zero attached hydrogens (tertiary/aromatic N) is 1. The molecule has 0 radical (unpaired) electrons. The average Bonchev–Trinajstić information content (AvgIpc) is 3.06. The highest BCUT2D eigenvalue weighted by Crippen LogP contribution is 2.28. The zero-order chi connectivity index (χ0) is 19.2. The Kier molecular flexibility index (Phi) is 6.38. The first-order chi connectivity index (χ1) is 13.0. The number of hydrogen-bond acceptors (Lipinski definition) is 3. The molecule has 1 heterocycles. The molecule has 0 aromatic heterocycles. The van der Waals surface area contributed by atoms with Crippen LogP contribution < -0.4 is 15.0 Å². The van der Waals surface area contributed by atoms with E-state index in [1.165, 1.54) is 11.3 Å². The predicted molar refractivity (Wildman–Crippen MR) is 111 cm³/mol. The Hall–Kier alpha value is -2.49. The lowest BCUT2D eigenvalue weighted by molar-refractivity contribution is -0.123. The third-order valence-electron chi connectivity index (χ3n) is 5.06. The molecular weight excluding hydrogens is 336 g/mol. The molecule has 3 rings (SSSR count). The normalized spacial score (nSPS) is 13.0. The minimum Gasteiger partial charge on any atom is -0.483 e. The van der Waals surface area contributed by atoms with Gasteiger partial charge in [0.2, 0.25) is 0 Å². The lowest BCUT2D eigenvalue weighted by Crippen LogP contribution is -2.32. The zero-order valence-corrected chi connectivity index (χ0v) is 16.6. The number of hydrogen-bond donors (Lipinski definition) is 1. The van der Waals surface area contributed by atoms with Crippen molar-refractivity contribution in [1.29, 1.82) is 0 Å². The number of anilines is 1. The van der Waals surface area contributed by atoms with Crippen LogP contribution in [0.2, 0.25) is 0 Å². The van der Waals surface area contributed by atoms with E-state index in [0.717, 1.165) is 42.8 Å². The Morgan fingerprint density at radius 1 is 1.22 bits per heavy atom. The molecule has 27 heavy (non-hydrogen) atoms. The second-order valence-corrected chi connectivity index (χ2v) is 7.55. The van der Waals surface area contributed by atoms with Crippen LogP contribution in [0.4, 0.5) is 5.69 Å². The quantitative estimate of drug-likeness (QED) is 0.716. The molecule has 0 saturated heterocycles. The maximum atomic E-state index is 12.1. The van der Waals surface area contributed by atoms with Crippen molar-refractivity contribution in [2.45, 2.75) is 39.5 Å². The summed E-state index contributed by atoms with van der Waals surface area (Å²) in [6.45, 7) is 9.08. The highest BCUT2D eigenvalue weighted by molar-refractivity contribution is 5.77. The average molecular weight is 367 g/mol. The van der Waals surface area contributed by atoms with Gasteiger partial charge in [0.25, 0.3) is 5.91 Å². The molecule has 0 saturated carbocycles. The van der Waals surface area contributed by atoms with Crippen molar-refractivity contribution in [2.24, 2.45) is 0 Å². The summed E-state index contributed by atoms with van der Waals surface area (Å²) in [5.41, 5.74) is 5.05. The van der Waals surface area contributed by atoms with Crippen LogP contribution in [0.15, 0.2) is 42.5 Å². The monoisotopic (exact) mass is 366 g/mol. The van der Waals surface area contributed by atoms with Gasteiger partial charge >= 0.3 is 0 Å². The summed E-state index contributed by atoms with van der Waals surface area (Å²) in [6.07, 6.45) is 2.05. The Morgan fingerprint density at radius 2 is 2.04 bits per heavy atom. The molecule has 1 aliphatic heterocycles. The lowest BCUT2D eigenvalue weighted by Gasteiger charge is -2.19. The van der Waals surface area contributed by atoms with Crippen LogP contribution in [0.25, 0.3) is 0 Å². The molecule has 0 bridgehead atoms. The van der Waals surface area contributed by atoms with Crippen molar-refractivity contribution in [3.8, 4) is 5.75 Å². The molecule has 144 valence electrons. The number of benzene rings is 2. The summed E-state index contributed by atoms with van der Waals surface area (Å²) in [4.78, 5) is 14.5. The largest absolute Gasteiger partial charge is 0.483 e. The van der Waals surface area contributed by atoms with E-state index >= 15 is 0 Å². The van der Waals surface area contributed by atoms with Gasteiger partial charge in [-0.15, -0.1) is 0 Å². The minimum atomic E-state index is -0.0620. The van der Waals surface area contributed by atoms with Gasteiger partial charge in [0, 0.05) is 25.3 Å². The van der Waals surface area contributed by atoms with Crippen LogP contribution in [0.5, 0.6) is 5.75 Å². The Balaban J connectivity index is 1.40. The minimum absolute atomic E-state index is 0.0620. The maximum Gasteiger partial charge on any atom is 0.257 e. The number of rotatable bonds is 8. The van der Waals surface area contributed by atoms with Crippen LogP contribution >= 0.6 is 0 Å². The van der Waals surface area contributed by atoms with Gasteiger partial charge < -0.3 is 15.0 Å². The van der Waals surface area contributed by atoms with Crippen LogP contribution in [0, 0.1) is 6.92 Å². The molecule has 4 heteroatoms. The fourth-order valence-electron chi connectivity index (χ4n) is 3.57. The topological polar surface area (TPSA) is 41.6 Å². The number of carbonyl (C=O) groups is 1. The molecule has 0 spiro atoms. The van der Waals surface area contributed by atoms with Crippen molar-refractivity contribution >= 4 is 11.6 Å². The second-order valence-electron chi connectivity index (χ2n) is 7.55. The Labute approximate surface area is 162 Å². The van der Waals surface area contributed by atoms with E-state index < -0.39 is 0 Å². The third-order valence-corrected chi connectivity index (χ3v) is 5.06. The molecule has 0 unspecified atom stereocenters. The second kappa shape index (κ2) is 8.94. The standard InChI is InChI=1S/C23H30N2O2/c1-17(2)20-10-9-18(3)15-22(20)27-16-23(26)24-12-6-13-25-14-11-19-7-4-5-8-21(19)25/h4-5,7-10,15,17H,6,11-14,16H2,1-3H3,(H,24,26). The highest BCUT2D eigenvalue weighted by atomic mass is 16.5. The van der Waals surface area contributed by atoms with Gasteiger partial charge in [0.05, 0.1) is 0 Å². The van der Waals surface area contributed by atoms with Crippen molar-refractivity contribution < 1.29 is 9.53 Å². The molecule has 1 N–H and O–H groups in total. The van der Waals surface area contributed by atoms with Crippen molar-refractivity contribution in [3.05, 3.63) is 59.2 Å². The summed E-state index contributed by atoms with van der Waals surface area (Å²) in [5.74, 6) is 1.12. The number of para-hydroxylation sites is 1. The summed E-state index contributed by atoms with van der Waals surface area (Å²) >= 11 is 0. The number of aryl methyl sites for hydroxylation is 1. The molecule has 1 amide bonds. The van der Waals surface area contributed by atoms with Gasteiger partial charge in [-0.3, -0.25) is 4.79 Å². The molecule has 0 atom stereocenters. The molecule has 1 aliphatic rings. The van der Waals surface area contributed by atoms with E-state index in [2.05, 4.69) is 60.5 Å². The molecule has 0 aliphatic carbocycles. The Bertz CT molecular complexity index is 786. The van der Waals surface area contributed by atoms with Crippen LogP contribution in [0.3, 0.4) is 0 Å². The van der Waals surface area contributed by atoms with E-state index in [0.29, 0.717) is 12.5 Å². The fraction of sp³-hybridized carbons (Fsp3) is 0.435. The maximum absolute atomic E-state index is 12.1. The van der Waals surface area contributed by atoms with Gasteiger partial charge in [0.1, 0.15) is 5.75 Å². The lowest BCUT2D eigenvalue weighted by atomic mass is 10.0.